The molecule has 0 fully saturated rings. The summed E-state index contributed by atoms with van der Waals surface area (Å²) in [5.41, 5.74) is 7.43. The maximum Gasteiger partial charge on any atom is 0.407 e. The highest BCUT2D eigenvalue weighted by molar-refractivity contribution is 5.94. The normalized spacial score (nSPS) is 12.1. The molecular formula is C22H35N7O5. The molecule has 0 aliphatic carbocycles. The highest BCUT2D eigenvalue weighted by Gasteiger charge is 2.18. The van der Waals surface area contributed by atoms with Crippen LogP contribution < -0.4 is 21.7 Å². The first-order chi connectivity index (χ1) is 15.9. The molecule has 5 N–H and O–H groups in total. The molecule has 0 aliphatic rings. The van der Waals surface area contributed by atoms with Gasteiger partial charge in [0.2, 0.25) is 5.95 Å². The zero-order valence-corrected chi connectivity index (χ0v) is 20.6. The third-order valence-corrected chi connectivity index (χ3v) is 4.73. The Morgan fingerprint density at radius 3 is 2.47 bits per heavy atom. The van der Waals surface area contributed by atoms with Crippen molar-refractivity contribution in [3.63, 3.8) is 0 Å². The Labute approximate surface area is 199 Å². The molecule has 188 valence electrons. The maximum absolute atomic E-state index is 12.4. The van der Waals surface area contributed by atoms with Crippen LogP contribution in [0.4, 0.5) is 16.4 Å². The number of methoxy groups -OCH3 is 1. The number of nitrogens with one attached hydrogen (secondary N) is 3. The third kappa shape index (κ3) is 8.10. The number of aromatic nitrogens is 3. The van der Waals surface area contributed by atoms with Gasteiger partial charge in [-0.05, 0) is 33.3 Å². The Morgan fingerprint density at radius 2 is 1.82 bits per heavy atom. The van der Waals surface area contributed by atoms with Crippen molar-refractivity contribution in [1.29, 1.82) is 0 Å². The average Bonchev–Trinajstić information content (AvgIpc) is 3.28. The Kier molecular flexibility index (Phi) is 9.07. The quantitative estimate of drug-likeness (QED) is 0.377. The zero-order chi connectivity index (χ0) is 25.5. The molecule has 2 amide bonds. The molecule has 0 saturated carbocycles. The summed E-state index contributed by atoms with van der Waals surface area (Å²) in [5, 5.41) is 8.55. The number of ether oxygens (including phenoxy) is 2. The van der Waals surface area contributed by atoms with Gasteiger partial charge >= 0.3 is 12.1 Å². The number of esters is 1. The summed E-state index contributed by atoms with van der Waals surface area (Å²) in [5.74, 6) is -0.146. The highest BCUT2D eigenvalue weighted by atomic mass is 16.6. The van der Waals surface area contributed by atoms with Crippen molar-refractivity contribution < 1.29 is 23.9 Å². The number of hydrogen-bond acceptors (Lipinski definition) is 8. The molecule has 2 rings (SSSR count). The molecule has 2 aromatic rings. The van der Waals surface area contributed by atoms with Crippen LogP contribution in [0.3, 0.4) is 0 Å². The number of nitrogens with zero attached hydrogens (tertiary/aromatic N) is 3. The fourth-order valence-electron chi connectivity index (χ4n) is 3.03. The van der Waals surface area contributed by atoms with E-state index in [2.05, 4.69) is 25.7 Å². The first kappa shape index (κ1) is 26.7. The number of alkyl carbamates (subject to hydrolysis) is 1. The van der Waals surface area contributed by atoms with Crippen LogP contribution in [0.1, 0.15) is 55.8 Å². The number of imidazole rings is 1. The minimum Gasteiger partial charge on any atom is -0.469 e. The second kappa shape index (κ2) is 11.5. The van der Waals surface area contributed by atoms with E-state index in [-0.39, 0.29) is 30.9 Å². The van der Waals surface area contributed by atoms with Gasteiger partial charge in [0, 0.05) is 39.6 Å². The molecule has 0 bridgehead atoms. The van der Waals surface area contributed by atoms with Crippen LogP contribution in [0.15, 0.2) is 18.5 Å². The fraction of sp³-hybridized carbons (Fsp3) is 0.545. The van der Waals surface area contributed by atoms with E-state index in [0.29, 0.717) is 36.0 Å². The lowest BCUT2D eigenvalue weighted by Gasteiger charge is -2.20. The average molecular weight is 478 g/mol. The summed E-state index contributed by atoms with van der Waals surface area (Å²) < 4.78 is 13.2. The van der Waals surface area contributed by atoms with Crippen molar-refractivity contribution >= 4 is 29.6 Å². The smallest absolute Gasteiger partial charge is 0.407 e. The minimum absolute atomic E-state index is 0.0986. The second-order valence-electron chi connectivity index (χ2n) is 8.86. The van der Waals surface area contributed by atoms with Crippen LogP contribution in [0, 0.1) is 0 Å². The van der Waals surface area contributed by atoms with Crippen LogP contribution in [0.2, 0.25) is 0 Å². The first-order valence-electron chi connectivity index (χ1n) is 10.9. The lowest BCUT2D eigenvalue weighted by molar-refractivity contribution is -0.140. The Morgan fingerprint density at radius 1 is 1.12 bits per heavy atom. The van der Waals surface area contributed by atoms with Crippen molar-refractivity contribution in [2.75, 3.05) is 25.5 Å². The van der Waals surface area contributed by atoms with E-state index >= 15 is 0 Å². The van der Waals surface area contributed by atoms with Crippen LogP contribution in [-0.2, 0) is 28.4 Å². The maximum atomic E-state index is 12.4. The Hall–Kier alpha value is -3.54. The summed E-state index contributed by atoms with van der Waals surface area (Å²) in [6.45, 7) is 5.93. The van der Waals surface area contributed by atoms with Gasteiger partial charge in [0.1, 0.15) is 11.3 Å². The number of nitrogens with two attached hydrogens (primary N) is 1. The van der Waals surface area contributed by atoms with E-state index in [1.165, 1.54) is 7.11 Å². The van der Waals surface area contributed by atoms with Crippen molar-refractivity contribution in [1.82, 2.24) is 24.8 Å². The molecule has 0 spiro atoms. The highest BCUT2D eigenvalue weighted by Crippen LogP contribution is 2.21. The predicted molar refractivity (Wildman–Crippen MR) is 127 cm³/mol. The van der Waals surface area contributed by atoms with Gasteiger partial charge in [-0.1, -0.05) is 0 Å². The van der Waals surface area contributed by atoms with E-state index in [9.17, 15) is 14.4 Å². The molecule has 34 heavy (non-hydrogen) atoms. The lowest BCUT2D eigenvalue weighted by Crippen LogP contribution is -2.34. The molecule has 12 heteroatoms. The summed E-state index contributed by atoms with van der Waals surface area (Å²) in [6.07, 6.45) is 3.66. The Balaban J connectivity index is 1.93. The number of anilines is 2. The topological polar surface area (TPSA) is 155 Å². The summed E-state index contributed by atoms with van der Waals surface area (Å²) >= 11 is 0. The number of carbonyl (C=O) groups excluding carboxylic acids is 3. The molecule has 0 saturated heterocycles. The molecule has 1 atom stereocenters. The molecule has 2 heterocycles. The van der Waals surface area contributed by atoms with Crippen molar-refractivity contribution in [3.8, 4) is 0 Å². The lowest BCUT2D eigenvalue weighted by atomic mass is 10.1. The van der Waals surface area contributed by atoms with Crippen molar-refractivity contribution in [2.24, 2.45) is 19.8 Å². The van der Waals surface area contributed by atoms with E-state index in [0.717, 1.165) is 0 Å². The molecular weight excluding hydrogens is 442 g/mol. The molecule has 0 aliphatic heterocycles. The van der Waals surface area contributed by atoms with Gasteiger partial charge in [0.05, 0.1) is 31.0 Å². The third-order valence-electron chi connectivity index (χ3n) is 4.73. The number of carbonyl (C=O) groups is 3. The Bertz CT molecular complexity index is 1010. The van der Waals surface area contributed by atoms with Gasteiger partial charge in [-0.25, -0.2) is 9.78 Å². The van der Waals surface area contributed by atoms with E-state index < -0.39 is 11.7 Å². The van der Waals surface area contributed by atoms with Crippen LogP contribution in [-0.4, -0.2) is 57.9 Å². The van der Waals surface area contributed by atoms with E-state index in [4.69, 9.17) is 10.5 Å². The SMILES string of the molecule is COC(=O)CCNC(=O)c1cc(Nc2nc(C(N)CCNC(=O)OC(C)(C)C)cn2C)cn1C. The van der Waals surface area contributed by atoms with Crippen LogP contribution >= 0.6 is 0 Å². The van der Waals surface area contributed by atoms with Gasteiger partial charge < -0.3 is 40.3 Å². The molecule has 12 nitrogen and oxygen atoms in total. The fourth-order valence-corrected chi connectivity index (χ4v) is 3.03. The van der Waals surface area contributed by atoms with Crippen molar-refractivity contribution in [2.45, 2.75) is 45.3 Å². The molecule has 1 unspecified atom stereocenters. The first-order valence-corrected chi connectivity index (χ1v) is 10.9. The second-order valence-corrected chi connectivity index (χ2v) is 8.86. The largest absolute Gasteiger partial charge is 0.469 e. The van der Waals surface area contributed by atoms with Gasteiger partial charge in [0.25, 0.3) is 5.91 Å². The number of rotatable bonds is 10. The summed E-state index contributed by atoms with van der Waals surface area (Å²) in [7, 11) is 4.88. The minimum atomic E-state index is -0.561. The predicted octanol–water partition coefficient (Wildman–Crippen LogP) is 1.71. The van der Waals surface area contributed by atoms with Crippen molar-refractivity contribution in [3.05, 3.63) is 29.8 Å². The van der Waals surface area contributed by atoms with E-state index in [1.807, 2.05) is 13.2 Å². The number of amides is 2. The number of hydrogen-bond donors (Lipinski definition) is 4. The summed E-state index contributed by atoms with van der Waals surface area (Å²) in [6, 6.07) is 1.30. The molecule has 0 radical (unpaired) electrons. The monoisotopic (exact) mass is 477 g/mol. The molecule has 0 aromatic carbocycles. The van der Waals surface area contributed by atoms with Crippen LogP contribution in [0.25, 0.3) is 0 Å². The van der Waals surface area contributed by atoms with Crippen LogP contribution in [0.5, 0.6) is 0 Å². The number of aryl methyl sites for hydroxylation is 2. The van der Waals surface area contributed by atoms with Gasteiger partial charge in [0.15, 0.2) is 0 Å². The summed E-state index contributed by atoms with van der Waals surface area (Å²) in [4.78, 5) is 39.9. The molecule has 2 aromatic heterocycles. The van der Waals surface area contributed by atoms with Gasteiger partial charge in [-0.15, -0.1) is 0 Å². The van der Waals surface area contributed by atoms with Gasteiger partial charge in [-0.2, -0.15) is 0 Å². The van der Waals surface area contributed by atoms with Gasteiger partial charge in [-0.3, -0.25) is 9.59 Å². The standard InChI is InChI=1S/C22H35N7O5/c1-22(2,3)34-21(32)25-9-7-15(23)16-13-29(5)20(27-16)26-14-11-17(28(4)12-14)19(31)24-10-8-18(30)33-6/h11-13,15H,7-10,23H2,1-6H3,(H,24,31)(H,25,32)(H,26,27). The van der Waals surface area contributed by atoms with E-state index in [1.54, 1.807) is 49.2 Å². The zero-order valence-electron chi connectivity index (χ0n) is 20.6.